The summed E-state index contributed by atoms with van der Waals surface area (Å²) in [5.41, 5.74) is 10.7. The van der Waals surface area contributed by atoms with E-state index in [9.17, 15) is 4.79 Å². The van der Waals surface area contributed by atoms with Crippen molar-refractivity contribution in [3.8, 4) is 5.75 Å². The minimum atomic E-state index is -0.188. The molecule has 1 amide bonds. The lowest BCUT2D eigenvalue weighted by molar-refractivity contribution is -0.118. The molecule has 0 unspecified atom stereocenters. The molecule has 0 aromatic heterocycles. The molecule has 1 heterocycles. The number of hydrogen-bond acceptors (Lipinski definition) is 4. The van der Waals surface area contributed by atoms with Gasteiger partial charge in [0.1, 0.15) is 5.75 Å². The van der Waals surface area contributed by atoms with Crippen molar-refractivity contribution in [1.29, 1.82) is 0 Å². The number of benzene rings is 2. The van der Waals surface area contributed by atoms with Crippen molar-refractivity contribution < 1.29 is 9.53 Å². The third kappa shape index (κ3) is 4.48. The highest BCUT2D eigenvalue weighted by molar-refractivity contribution is 5.96. The van der Waals surface area contributed by atoms with E-state index in [0.29, 0.717) is 11.4 Å². The molecule has 0 bridgehead atoms. The molecule has 2 aromatic rings. The van der Waals surface area contributed by atoms with Gasteiger partial charge in [0.2, 0.25) is 0 Å². The number of piperidine rings is 1. The molecule has 1 aliphatic rings. The Kier molecular flexibility index (Phi) is 5.66. The maximum absolute atomic E-state index is 12.4. The van der Waals surface area contributed by atoms with Crippen LogP contribution in [0.1, 0.15) is 30.4 Å². The van der Waals surface area contributed by atoms with Gasteiger partial charge < -0.3 is 20.7 Å². The normalized spacial score (nSPS) is 14.2. The number of rotatable bonds is 5. The molecular weight excluding hydrogens is 326 g/mol. The molecule has 5 nitrogen and oxygen atoms in total. The van der Waals surface area contributed by atoms with Gasteiger partial charge >= 0.3 is 0 Å². The van der Waals surface area contributed by atoms with E-state index in [1.54, 1.807) is 0 Å². The number of nitrogens with zero attached hydrogens (tertiary/aromatic N) is 1. The van der Waals surface area contributed by atoms with Gasteiger partial charge in [-0.2, -0.15) is 0 Å². The minimum absolute atomic E-state index is 0.0310. The SMILES string of the molecule is Cc1ccc(OCC(=O)Nc2cc(N)ccc2N2CCCCC2)cc1C. The quantitative estimate of drug-likeness (QED) is 0.800. The van der Waals surface area contributed by atoms with Gasteiger partial charge in [0, 0.05) is 18.8 Å². The van der Waals surface area contributed by atoms with Crippen LogP contribution in [0.15, 0.2) is 36.4 Å². The van der Waals surface area contributed by atoms with Gasteiger partial charge in [0.25, 0.3) is 5.91 Å². The molecule has 0 atom stereocenters. The number of nitrogens with one attached hydrogen (secondary N) is 1. The Hall–Kier alpha value is -2.69. The van der Waals surface area contributed by atoms with Crippen LogP contribution in [0.2, 0.25) is 0 Å². The second-order valence-electron chi connectivity index (χ2n) is 6.91. The molecule has 138 valence electrons. The number of carbonyl (C=O) groups excluding carboxylic acids is 1. The molecule has 0 aliphatic carbocycles. The average molecular weight is 353 g/mol. The summed E-state index contributed by atoms with van der Waals surface area (Å²) in [4.78, 5) is 14.7. The third-order valence-electron chi connectivity index (χ3n) is 4.84. The van der Waals surface area contributed by atoms with Gasteiger partial charge in [0.05, 0.1) is 11.4 Å². The topological polar surface area (TPSA) is 67.6 Å². The Labute approximate surface area is 155 Å². The van der Waals surface area contributed by atoms with Crippen molar-refractivity contribution in [2.24, 2.45) is 0 Å². The number of hydrogen-bond donors (Lipinski definition) is 2. The molecule has 1 saturated heterocycles. The molecule has 1 aliphatic heterocycles. The van der Waals surface area contributed by atoms with Crippen molar-refractivity contribution in [2.75, 3.05) is 35.6 Å². The number of anilines is 3. The predicted octanol–water partition coefficient (Wildman–Crippen LogP) is 3.89. The summed E-state index contributed by atoms with van der Waals surface area (Å²) in [5, 5.41) is 2.96. The van der Waals surface area contributed by atoms with Crippen LogP contribution < -0.4 is 20.7 Å². The van der Waals surface area contributed by atoms with Crippen LogP contribution in [0.5, 0.6) is 5.75 Å². The van der Waals surface area contributed by atoms with Crippen molar-refractivity contribution in [3.05, 3.63) is 47.5 Å². The maximum Gasteiger partial charge on any atom is 0.262 e. The van der Waals surface area contributed by atoms with Gasteiger partial charge in [-0.25, -0.2) is 0 Å². The first kappa shape index (κ1) is 18.1. The van der Waals surface area contributed by atoms with E-state index >= 15 is 0 Å². The molecule has 3 N–H and O–H groups in total. The van der Waals surface area contributed by atoms with Crippen LogP contribution in [0.25, 0.3) is 0 Å². The Morgan fingerprint density at radius 3 is 2.58 bits per heavy atom. The lowest BCUT2D eigenvalue weighted by Gasteiger charge is -2.30. The Morgan fingerprint density at radius 1 is 1.08 bits per heavy atom. The highest BCUT2D eigenvalue weighted by Crippen LogP contribution is 2.30. The third-order valence-corrected chi connectivity index (χ3v) is 4.84. The number of aryl methyl sites for hydroxylation is 2. The van der Waals surface area contributed by atoms with Gasteiger partial charge in [-0.15, -0.1) is 0 Å². The lowest BCUT2D eigenvalue weighted by Crippen LogP contribution is -2.31. The van der Waals surface area contributed by atoms with Crippen LogP contribution in [-0.2, 0) is 4.79 Å². The van der Waals surface area contributed by atoms with Crippen molar-refractivity contribution in [3.63, 3.8) is 0 Å². The smallest absolute Gasteiger partial charge is 0.262 e. The van der Waals surface area contributed by atoms with E-state index in [-0.39, 0.29) is 12.5 Å². The van der Waals surface area contributed by atoms with Gasteiger partial charge in [-0.05, 0) is 74.6 Å². The Morgan fingerprint density at radius 2 is 1.85 bits per heavy atom. The molecule has 1 fully saturated rings. The summed E-state index contributed by atoms with van der Waals surface area (Å²) in [6.45, 7) is 6.06. The van der Waals surface area contributed by atoms with E-state index in [1.165, 1.54) is 24.8 Å². The zero-order valence-electron chi connectivity index (χ0n) is 15.5. The first-order chi connectivity index (χ1) is 12.5. The lowest BCUT2D eigenvalue weighted by atomic mass is 10.1. The van der Waals surface area contributed by atoms with E-state index < -0.39 is 0 Å². The van der Waals surface area contributed by atoms with Gasteiger partial charge in [-0.1, -0.05) is 6.07 Å². The summed E-state index contributed by atoms with van der Waals surface area (Å²) in [6, 6.07) is 11.5. The van der Waals surface area contributed by atoms with Crippen LogP contribution >= 0.6 is 0 Å². The van der Waals surface area contributed by atoms with Crippen LogP contribution in [0.3, 0.4) is 0 Å². The van der Waals surface area contributed by atoms with Crippen LogP contribution in [0.4, 0.5) is 17.1 Å². The standard InChI is InChI=1S/C21H27N3O2/c1-15-6-8-18(12-16(15)2)26-14-21(25)23-19-13-17(22)7-9-20(19)24-10-4-3-5-11-24/h6-9,12-13H,3-5,10-11,14,22H2,1-2H3,(H,23,25). The number of ether oxygens (including phenoxy) is 1. The highest BCUT2D eigenvalue weighted by Gasteiger charge is 2.16. The molecule has 0 radical (unpaired) electrons. The van der Waals surface area contributed by atoms with E-state index in [4.69, 9.17) is 10.5 Å². The minimum Gasteiger partial charge on any atom is -0.484 e. The molecule has 5 heteroatoms. The Bertz CT molecular complexity index is 783. The summed E-state index contributed by atoms with van der Waals surface area (Å²) in [6.07, 6.45) is 3.61. The summed E-state index contributed by atoms with van der Waals surface area (Å²) in [5.74, 6) is 0.513. The average Bonchev–Trinajstić information content (AvgIpc) is 2.63. The molecule has 0 spiro atoms. The van der Waals surface area contributed by atoms with Crippen molar-refractivity contribution >= 4 is 23.0 Å². The fraction of sp³-hybridized carbons (Fsp3) is 0.381. The number of carbonyl (C=O) groups is 1. The van der Waals surface area contributed by atoms with Gasteiger partial charge in [0.15, 0.2) is 6.61 Å². The molecule has 26 heavy (non-hydrogen) atoms. The number of amides is 1. The molecule has 3 rings (SSSR count). The first-order valence-electron chi connectivity index (χ1n) is 9.17. The number of nitrogen functional groups attached to an aromatic ring is 1. The summed E-state index contributed by atoms with van der Waals surface area (Å²) in [7, 11) is 0. The molecular formula is C21H27N3O2. The zero-order valence-corrected chi connectivity index (χ0v) is 15.5. The van der Waals surface area contributed by atoms with Crippen molar-refractivity contribution in [1.82, 2.24) is 0 Å². The summed E-state index contributed by atoms with van der Waals surface area (Å²) >= 11 is 0. The van der Waals surface area contributed by atoms with E-state index in [1.807, 2.05) is 50.2 Å². The monoisotopic (exact) mass is 353 g/mol. The predicted molar refractivity (Wildman–Crippen MR) is 107 cm³/mol. The van der Waals surface area contributed by atoms with Gasteiger partial charge in [-0.3, -0.25) is 4.79 Å². The second-order valence-corrected chi connectivity index (χ2v) is 6.91. The van der Waals surface area contributed by atoms with Crippen LogP contribution in [-0.4, -0.2) is 25.6 Å². The zero-order chi connectivity index (χ0) is 18.5. The maximum atomic E-state index is 12.4. The Balaban J connectivity index is 1.66. The fourth-order valence-corrected chi connectivity index (χ4v) is 3.20. The van der Waals surface area contributed by atoms with Crippen LogP contribution in [0, 0.1) is 13.8 Å². The van der Waals surface area contributed by atoms with Crippen molar-refractivity contribution in [2.45, 2.75) is 33.1 Å². The fourth-order valence-electron chi connectivity index (χ4n) is 3.20. The molecule has 0 saturated carbocycles. The number of nitrogens with two attached hydrogens (primary N) is 1. The molecule has 2 aromatic carbocycles. The largest absolute Gasteiger partial charge is 0.484 e. The highest BCUT2D eigenvalue weighted by atomic mass is 16.5. The second kappa shape index (κ2) is 8.13. The summed E-state index contributed by atoms with van der Waals surface area (Å²) < 4.78 is 5.63. The van der Waals surface area contributed by atoms with E-state index in [2.05, 4.69) is 10.2 Å². The first-order valence-corrected chi connectivity index (χ1v) is 9.17. The van der Waals surface area contributed by atoms with E-state index in [0.717, 1.165) is 30.0 Å².